The van der Waals surface area contributed by atoms with Gasteiger partial charge >= 0.3 is 0 Å². The molecule has 0 radical (unpaired) electrons. The average molecular weight is 194 g/mol. The Morgan fingerprint density at radius 3 is 2.92 bits per heavy atom. The molecule has 0 aliphatic heterocycles. The lowest BCUT2D eigenvalue weighted by atomic mass is 10.4. The molecular weight excluding hydrogens is 184 g/mol. The molecule has 0 bridgehead atoms. The second-order valence-electron chi connectivity index (χ2n) is 2.43. The van der Waals surface area contributed by atoms with Crippen molar-refractivity contribution >= 4 is 28.5 Å². The van der Waals surface area contributed by atoms with Crippen LogP contribution in [0, 0.1) is 12.3 Å². The number of aryl methyl sites for hydroxylation is 1. The lowest BCUT2D eigenvalue weighted by Gasteiger charge is -1.94. The van der Waals surface area contributed by atoms with Gasteiger partial charge in [-0.05, 0) is 25.1 Å². The summed E-state index contributed by atoms with van der Waals surface area (Å²) in [7, 11) is 0. The van der Waals surface area contributed by atoms with Crippen molar-refractivity contribution in [2.24, 2.45) is 0 Å². The number of hydrogen-bond donors (Lipinski definition) is 2. The largest absolute Gasteiger partial charge is 0.314 e. The normalized spacial score (nSPS) is 10.2. The summed E-state index contributed by atoms with van der Waals surface area (Å²) >= 11 is 1.53. The maximum atomic E-state index is 11.1. The van der Waals surface area contributed by atoms with Crippen molar-refractivity contribution in [3.8, 4) is 0 Å². The molecule has 0 atom stereocenters. The summed E-state index contributed by atoms with van der Waals surface area (Å²) < 4.78 is 0. The molecule has 1 aromatic heterocycles. The summed E-state index contributed by atoms with van der Waals surface area (Å²) in [6.45, 7) is 1.98. The summed E-state index contributed by atoms with van der Waals surface area (Å²) in [6.07, 6.45) is 3.77. The van der Waals surface area contributed by atoms with E-state index in [2.05, 4.69) is 5.32 Å². The van der Waals surface area contributed by atoms with Crippen LogP contribution in [0.5, 0.6) is 0 Å². The second-order valence-corrected chi connectivity index (χ2v) is 3.71. The van der Waals surface area contributed by atoms with Gasteiger partial charge in [0.25, 0.3) is 0 Å². The molecule has 0 aliphatic carbocycles. The van der Waals surface area contributed by atoms with Crippen LogP contribution in [0.2, 0.25) is 0 Å². The number of carbonyl (C=O) groups is 1. The standard InChI is InChI=1S/C9H10N2OS/c1-7-4-5-9(13-7)11-8(12)3-2-6-10/h2-6,10H,1H3,(H,11,12)/b3-2-,10-6?. The zero-order valence-electron chi connectivity index (χ0n) is 7.20. The van der Waals surface area contributed by atoms with E-state index in [0.29, 0.717) is 0 Å². The van der Waals surface area contributed by atoms with E-state index in [0.717, 1.165) is 16.1 Å². The first-order valence-corrected chi connectivity index (χ1v) is 4.58. The van der Waals surface area contributed by atoms with Gasteiger partial charge in [-0.25, -0.2) is 0 Å². The molecular formula is C9H10N2OS. The predicted molar refractivity (Wildman–Crippen MR) is 55.6 cm³/mol. The van der Waals surface area contributed by atoms with Crippen LogP contribution in [0.15, 0.2) is 24.3 Å². The lowest BCUT2D eigenvalue weighted by Crippen LogP contribution is -2.06. The Morgan fingerprint density at radius 2 is 2.38 bits per heavy atom. The smallest absolute Gasteiger partial charge is 0.249 e. The van der Waals surface area contributed by atoms with Crippen molar-refractivity contribution in [3.63, 3.8) is 0 Å². The first-order valence-electron chi connectivity index (χ1n) is 3.77. The number of allylic oxidation sites excluding steroid dienone is 1. The molecule has 0 saturated heterocycles. The number of thiophene rings is 1. The van der Waals surface area contributed by atoms with Crippen LogP contribution < -0.4 is 5.32 Å². The Balaban J connectivity index is 2.54. The van der Waals surface area contributed by atoms with E-state index in [1.54, 1.807) is 0 Å². The fourth-order valence-corrected chi connectivity index (χ4v) is 1.57. The minimum atomic E-state index is -0.203. The van der Waals surface area contributed by atoms with Gasteiger partial charge in [-0.15, -0.1) is 11.3 Å². The molecule has 1 heterocycles. The van der Waals surface area contributed by atoms with Crippen LogP contribution in [-0.4, -0.2) is 12.1 Å². The molecule has 2 N–H and O–H groups in total. The Bertz CT molecular complexity index is 341. The number of amides is 1. The van der Waals surface area contributed by atoms with Crippen LogP contribution in [0.25, 0.3) is 0 Å². The zero-order chi connectivity index (χ0) is 9.68. The van der Waals surface area contributed by atoms with Gasteiger partial charge in [-0.3, -0.25) is 4.79 Å². The van der Waals surface area contributed by atoms with Crippen LogP contribution in [0.4, 0.5) is 5.00 Å². The third kappa shape index (κ3) is 3.21. The number of carbonyl (C=O) groups excluding carboxylic acids is 1. The predicted octanol–water partition coefficient (Wildman–Crippen LogP) is 2.20. The molecule has 1 rings (SSSR count). The van der Waals surface area contributed by atoms with Crippen LogP contribution in [0.3, 0.4) is 0 Å². The minimum Gasteiger partial charge on any atom is -0.314 e. The second kappa shape index (κ2) is 4.57. The Labute approximate surface area is 80.6 Å². The molecule has 68 valence electrons. The molecule has 1 amide bonds. The van der Waals surface area contributed by atoms with Crippen molar-refractivity contribution in [1.29, 1.82) is 5.41 Å². The highest BCUT2D eigenvalue weighted by Crippen LogP contribution is 2.20. The quantitative estimate of drug-likeness (QED) is 0.562. The van der Waals surface area contributed by atoms with Gasteiger partial charge in [0.2, 0.25) is 5.91 Å². The molecule has 0 fully saturated rings. The Hall–Kier alpha value is -1.42. The topological polar surface area (TPSA) is 53.0 Å². The van der Waals surface area contributed by atoms with E-state index in [1.807, 2.05) is 19.1 Å². The lowest BCUT2D eigenvalue weighted by molar-refractivity contribution is -0.111. The highest BCUT2D eigenvalue weighted by Gasteiger charge is 1.98. The van der Waals surface area contributed by atoms with Gasteiger partial charge in [0.15, 0.2) is 0 Å². The number of rotatable bonds is 3. The molecule has 0 aromatic carbocycles. The first kappa shape index (κ1) is 9.67. The summed E-state index contributed by atoms with van der Waals surface area (Å²) in [5.74, 6) is -0.203. The molecule has 0 aliphatic rings. The van der Waals surface area contributed by atoms with Crippen molar-refractivity contribution in [2.45, 2.75) is 6.92 Å². The van der Waals surface area contributed by atoms with Crippen molar-refractivity contribution in [1.82, 2.24) is 0 Å². The van der Waals surface area contributed by atoms with E-state index < -0.39 is 0 Å². The van der Waals surface area contributed by atoms with Crippen LogP contribution >= 0.6 is 11.3 Å². The third-order valence-corrected chi connectivity index (χ3v) is 2.25. The molecule has 0 spiro atoms. The van der Waals surface area contributed by atoms with Crippen molar-refractivity contribution in [2.75, 3.05) is 5.32 Å². The fourth-order valence-electron chi connectivity index (χ4n) is 0.800. The van der Waals surface area contributed by atoms with E-state index in [-0.39, 0.29) is 5.91 Å². The highest BCUT2D eigenvalue weighted by atomic mass is 32.1. The monoisotopic (exact) mass is 194 g/mol. The Kier molecular flexibility index (Phi) is 3.40. The molecule has 13 heavy (non-hydrogen) atoms. The third-order valence-electron chi connectivity index (χ3n) is 1.33. The van der Waals surface area contributed by atoms with Crippen molar-refractivity contribution in [3.05, 3.63) is 29.2 Å². The number of anilines is 1. The molecule has 3 nitrogen and oxygen atoms in total. The number of hydrogen-bond acceptors (Lipinski definition) is 3. The minimum absolute atomic E-state index is 0.203. The van der Waals surface area contributed by atoms with Crippen LogP contribution in [0.1, 0.15) is 4.88 Å². The van der Waals surface area contributed by atoms with E-state index in [1.165, 1.54) is 23.5 Å². The molecule has 0 saturated carbocycles. The van der Waals surface area contributed by atoms with Gasteiger partial charge < -0.3 is 10.7 Å². The summed E-state index contributed by atoms with van der Waals surface area (Å²) in [6, 6.07) is 3.80. The van der Waals surface area contributed by atoms with Gasteiger partial charge in [-0.2, -0.15) is 0 Å². The maximum Gasteiger partial charge on any atom is 0.249 e. The van der Waals surface area contributed by atoms with Gasteiger partial charge in [0, 0.05) is 17.2 Å². The zero-order valence-corrected chi connectivity index (χ0v) is 8.02. The SMILES string of the molecule is Cc1ccc(NC(=O)/C=C\C=N)s1. The van der Waals surface area contributed by atoms with Crippen LogP contribution in [-0.2, 0) is 4.79 Å². The molecule has 1 aromatic rings. The number of nitrogens with one attached hydrogen (secondary N) is 2. The summed E-state index contributed by atoms with van der Waals surface area (Å²) in [5.41, 5.74) is 0. The van der Waals surface area contributed by atoms with E-state index in [4.69, 9.17) is 5.41 Å². The Morgan fingerprint density at radius 1 is 1.62 bits per heavy atom. The van der Waals surface area contributed by atoms with Gasteiger partial charge in [-0.1, -0.05) is 0 Å². The molecule has 4 heteroatoms. The van der Waals surface area contributed by atoms with E-state index >= 15 is 0 Å². The van der Waals surface area contributed by atoms with E-state index in [9.17, 15) is 4.79 Å². The van der Waals surface area contributed by atoms with Gasteiger partial charge in [0.05, 0.1) is 5.00 Å². The summed E-state index contributed by atoms with van der Waals surface area (Å²) in [4.78, 5) is 12.2. The fraction of sp³-hybridized carbons (Fsp3) is 0.111. The molecule has 0 unspecified atom stereocenters. The average Bonchev–Trinajstić information content (AvgIpc) is 2.48. The van der Waals surface area contributed by atoms with Gasteiger partial charge in [0.1, 0.15) is 0 Å². The highest BCUT2D eigenvalue weighted by molar-refractivity contribution is 7.16. The maximum absolute atomic E-state index is 11.1. The van der Waals surface area contributed by atoms with Crippen molar-refractivity contribution < 1.29 is 4.79 Å². The first-order chi connectivity index (χ1) is 6.22. The summed E-state index contributed by atoms with van der Waals surface area (Å²) in [5, 5.41) is 10.2.